The van der Waals surface area contributed by atoms with Crippen LogP contribution in [0.1, 0.15) is 0 Å². The van der Waals surface area contributed by atoms with E-state index in [1.165, 1.54) is 42.0 Å². The number of furan rings is 1. The first kappa shape index (κ1) is 32.0. The molecule has 0 saturated carbocycles. The topological polar surface area (TPSA) is 43.9 Å². The number of fused-ring (bicyclic) bond motifs is 10. The average molecular weight is 746 g/mol. The summed E-state index contributed by atoms with van der Waals surface area (Å²) in [6, 6.07) is 66.4. The van der Waals surface area contributed by atoms with Crippen LogP contribution in [0.25, 0.3) is 115 Å². The third-order valence-corrected chi connectivity index (χ3v) is 12.5. The zero-order chi connectivity index (χ0) is 37.5. The summed E-state index contributed by atoms with van der Waals surface area (Å²) in [6.45, 7) is 0. The number of rotatable bonds is 5. The van der Waals surface area contributed by atoms with Crippen LogP contribution in [0.3, 0.4) is 0 Å². The lowest BCUT2D eigenvalue weighted by atomic mass is 10.00. The number of para-hydroxylation sites is 4. The van der Waals surface area contributed by atoms with Crippen LogP contribution < -0.4 is 0 Å². The lowest BCUT2D eigenvalue weighted by Gasteiger charge is -2.11. The Balaban J connectivity index is 1.12. The van der Waals surface area contributed by atoms with Crippen LogP contribution in [0.4, 0.5) is 0 Å². The van der Waals surface area contributed by atoms with Gasteiger partial charge >= 0.3 is 0 Å². The van der Waals surface area contributed by atoms with Gasteiger partial charge in [0.05, 0.1) is 22.4 Å². The van der Waals surface area contributed by atoms with E-state index in [2.05, 4.69) is 180 Å². The zero-order valence-electron chi connectivity index (χ0n) is 30.6. The first-order valence-electron chi connectivity index (χ1n) is 19.2. The Hall–Kier alpha value is -7.34. The van der Waals surface area contributed by atoms with Crippen molar-refractivity contribution in [3.63, 3.8) is 0 Å². The molecule has 0 unspecified atom stereocenters. The maximum atomic E-state index is 6.57. The summed E-state index contributed by atoms with van der Waals surface area (Å²) < 4.78 is 11.4. The highest BCUT2D eigenvalue weighted by atomic mass is 32.1. The van der Waals surface area contributed by atoms with Crippen LogP contribution in [0.15, 0.2) is 192 Å². The van der Waals surface area contributed by atoms with E-state index in [9.17, 15) is 0 Å². The highest BCUT2D eigenvalue weighted by Crippen LogP contribution is 2.46. The predicted octanol–water partition coefficient (Wildman–Crippen LogP) is 14.5. The Kier molecular flexibility index (Phi) is 7.06. The Bertz CT molecular complexity index is 3520. The molecule has 12 rings (SSSR count). The molecule has 57 heavy (non-hydrogen) atoms. The monoisotopic (exact) mass is 745 g/mol. The fraction of sp³-hybridized carbons (Fsp3) is 0. The van der Waals surface area contributed by atoms with Crippen molar-refractivity contribution in [3.8, 4) is 50.7 Å². The third kappa shape index (κ3) is 4.99. The van der Waals surface area contributed by atoms with Crippen molar-refractivity contribution in [2.75, 3.05) is 0 Å². The zero-order valence-corrected chi connectivity index (χ0v) is 31.4. The second kappa shape index (κ2) is 12.6. The van der Waals surface area contributed by atoms with Crippen LogP contribution in [0.2, 0.25) is 0 Å². The molecule has 4 heterocycles. The van der Waals surface area contributed by atoms with Crippen molar-refractivity contribution < 1.29 is 4.42 Å². The number of nitrogens with zero attached hydrogens (tertiary/aromatic N) is 3. The minimum atomic E-state index is 0.681. The van der Waals surface area contributed by atoms with Crippen LogP contribution in [-0.2, 0) is 0 Å². The highest BCUT2D eigenvalue weighted by Gasteiger charge is 2.21. The first-order valence-corrected chi connectivity index (χ1v) is 20.0. The van der Waals surface area contributed by atoms with Gasteiger partial charge in [-0.15, -0.1) is 11.3 Å². The normalized spacial score (nSPS) is 11.9. The Labute approximate surface area is 331 Å². The molecule has 0 fully saturated rings. The maximum Gasteiger partial charge on any atom is 0.161 e. The minimum Gasteiger partial charge on any atom is -0.455 e. The van der Waals surface area contributed by atoms with Crippen LogP contribution in [-0.4, -0.2) is 14.5 Å². The summed E-state index contributed by atoms with van der Waals surface area (Å²) in [6.07, 6.45) is 0. The Morgan fingerprint density at radius 2 is 1.07 bits per heavy atom. The molecule has 0 spiro atoms. The van der Waals surface area contributed by atoms with Crippen LogP contribution >= 0.6 is 11.3 Å². The van der Waals surface area contributed by atoms with E-state index in [1.54, 1.807) is 0 Å². The lowest BCUT2D eigenvalue weighted by molar-refractivity contribution is 0.670. The van der Waals surface area contributed by atoms with Crippen molar-refractivity contribution in [1.82, 2.24) is 14.5 Å². The van der Waals surface area contributed by atoms with Gasteiger partial charge in [-0.05, 0) is 65.7 Å². The number of hydrogen-bond acceptors (Lipinski definition) is 4. The fourth-order valence-corrected chi connectivity index (χ4v) is 10.00. The number of benzene rings is 8. The smallest absolute Gasteiger partial charge is 0.161 e. The van der Waals surface area contributed by atoms with Crippen molar-refractivity contribution in [2.24, 2.45) is 0 Å². The maximum absolute atomic E-state index is 6.57. The largest absolute Gasteiger partial charge is 0.455 e. The summed E-state index contributed by atoms with van der Waals surface area (Å²) in [5.74, 6) is 0.681. The molecule has 5 heteroatoms. The Morgan fingerprint density at radius 1 is 0.421 bits per heavy atom. The molecule has 266 valence electrons. The molecular formula is C52H31N3OS. The van der Waals surface area contributed by atoms with Crippen molar-refractivity contribution >= 4 is 75.3 Å². The van der Waals surface area contributed by atoms with E-state index >= 15 is 0 Å². The number of aromatic nitrogens is 3. The Morgan fingerprint density at radius 3 is 1.95 bits per heavy atom. The molecule has 0 atom stereocenters. The molecule has 0 aliphatic carbocycles. The number of hydrogen-bond donors (Lipinski definition) is 0. The van der Waals surface area contributed by atoms with Gasteiger partial charge in [-0.2, -0.15) is 0 Å². The number of thiophene rings is 1. The predicted molar refractivity (Wildman–Crippen MR) is 238 cm³/mol. The van der Waals surface area contributed by atoms with Gasteiger partial charge in [0.1, 0.15) is 11.2 Å². The van der Waals surface area contributed by atoms with Crippen molar-refractivity contribution in [1.29, 1.82) is 0 Å². The van der Waals surface area contributed by atoms with Gasteiger partial charge < -0.3 is 8.98 Å². The molecule has 4 nitrogen and oxygen atoms in total. The van der Waals surface area contributed by atoms with E-state index in [0.717, 1.165) is 66.8 Å². The molecule has 0 radical (unpaired) electrons. The van der Waals surface area contributed by atoms with Gasteiger partial charge in [0.15, 0.2) is 5.82 Å². The standard InChI is InChI=1S/C52H31N3OS/c1-3-14-32(15-4-1)33-16-11-17-34(30-33)43-31-44(40-24-12-22-37-36-20-8-10-27-47(36)56-49(37)40)54-52(53-43)42-25-13-23-38-39-28-29-46-48(51(39)57-50(38)42)41-21-7-9-26-45(41)55(46)35-18-5-2-6-19-35/h1-31H. The van der Waals surface area contributed by atoms with Gasteiger partial charge in [-0.1, -0.05) is 133 Å². The van der Waals surface area contributed by atoms with Gasteiger partial charge in [0.25, 0.3) is 0 Å². The molecule has 0 N–H and O–H groups in total. The molecule has 0 amide bonds. The summed E-state index contributed by atoms with van der Waals surface area (Å²) in [4.78, 5) is 10.8. The molecule has 0 aliphatic rings. The van der Waals surface area contributed by atoms with E-state index in [-0.39, 0.29) is 0 Å². The molecule has 12 aromatic rings. The van der Waals surface area contributed by atoms with Gasteiger partial charge in [0, 0.05) is 64.1 Å². The molecule has 0 bridgehead atoms. The lowest BCUT2D eigenvalue weighted by Crippen LogP contribution is -1.96. The molecule has 8 aromatic carbocycles. The average Bonchev–Trinajstić information content (AvgIpc) is 3.96. The summed E-state index contributed by atoms with van der Waals surface area (Å²) in [5.41, 5.74) is 12.2. The van der Waals surface area contributed by atoms with Crippen molar-refractivity contribution in [2.45, 2.75) is 0 Å². The SMILES string of the molecule is c1ccc(-c2cccc(-c3cc(-c4cccc5c4oc4ccccc45)nc(-c4cccc5c4sc4c5ccc5c4c4ccccc4n5-c4ccccc4)n3)c2)cc1. The summed E-state index contributed by atoms with van der Waals surface area (Å²) >= 11 is 1.83. The molecular weight excluding hydrogens is 715 g/mol. The minimum absolute atomic E-state index is 0.681. The van der Waals surface area contributed by atoms with Crippen LogP contribution in [0, 0.1) is 0 Å². The van der Waals surface area contributed by atoms with Gasteiger partial charge in [0.2, 0.25) is 0 Å². The van der Waals surface area contributed by atoms with Crippen LogP contribution in [0.5, 0.6) is 0 Å². The third-order valence-electron chi connectivity index (χ3n) is 11.2. The van der Waals surface area contributed by atoms with E-state index in [4.69, 9.17) is 14.4 Å². The summed E-state index contributed by atoms with van der Waals surface area (Å²) in [7, 11) is 0. The molecule has 0 aliphatic heterocycles. The van der Waals surface area contributed by atoms with Gasteiger partial charge in [-0.3, -0.25) is 0 Å². The highest BCUT2D eigenvalue weighted by molar-refractivity contribution is 7.27. The first-order chi connectivity index (χ1) is 28.3. The van der Waals surface area contributed by atoms with Gasteiger partial charge in [-0.25, -0.2) is 9.97 Å². The fourth-order valence-electron chi connectivity index (χ4n) is 8.63. The van der Waals surface area contributed by atoms with E-state index in [0.29, 0.717) is 5.82 Å². The second-order valence-corrected chi connectivity index (χ2v) is 15.5. The van der Waals surface area contributed by atoms with Crippen molar-refractivity contribution in [3.05, 3.63) is 188 Å². The quantitative estimate of drug-likeness (QED) is 0.176. The second-order valence-electron chi connectivity index (χ2n) is 14.5. The summed E-state index contributed by atoms with van der Waals surface area (Å²) in [5, 5.41) is 7.11. The molecule has 4 aromatic heterocycles. The van der Waals surface area contributed by atoms with E-state index in [1.807, 2.05) is 23.5 Å². The van der Waals surface area contributed by atoms with E-state index < -0.39 is 0 Å². The molecule has 0 saturated heterocycles.